The van der Waals surface area contributed by atoms with Gasteiger partial charge >= 0.3 is 6.03 Å². The molecule has 2 saturated heterocycles. The molecule has 2 amide bonds. The van der Waals surface area contributed by atoms with Crippen molar-refractivity contribution < 1.29 is 9.53 Å². The second-order valence-electron chi connectivity index (χ2n) is 8.98. The molecular formula is C25H35N5O2. The molecular weight excluding hydrogens is 402 g/mol. The molecule has 2 aromatic rings. The first-order valence-corrected chi connectivity index (χ1v) is 11.7. The van der Waals surface area contributed by atoms with Gasteiger partial charge in [-0.3, -0.25) is 0 Å². The number of carbonyl (C=O) groups is 1. The van der Waals surface area contributed by atoms with Crippen LogP contribution in [0.25, 0.3) is 0 Å². The number of pyridine rings is 1. The maximum absolute atomic E-state index is 12.4. The molecule has 0 aliphatic carbocycles. The molecule has 0 atom stereocenters. The number of anilines is 2. The molecule has 4 rings (SSSR count). The maximum atomic E-state index is 12.4. The summed E-state index contributed by atoms with van der Waals surface area (Å²) in [5, 5.41) is 6.10. The van der Waals surface area contributed by atoms with E-state index < -0.39 is 0 Å². The molecule has 2 fully saturated rings. The van der Waals surface area contributed by atoms with Gasteiger partial charge in [-0.2, -0.15) is 0 Å². The van der Waals surface area contributed by atoms with Crippen molar-refractivity contribution >= 4 is 17.5 Å². The number of hydrogen-bond acceptors (Lipinski definition) is 5. The van der Waals surface area contributed by atoms with Crippen molar-refractivity contribution in [3.63, 3.8) is 0 Å². The predicted molar refractivity (Wildman–Crippen MR) is 128 cm³/mol. The Morgan fingerprint density at radius 2 is 1.69 bits per heavy atom. The molecule has 0 saturated carbocycles. The fourth-order valence-electron chi connectivity index (χ4n) is 4.44. The zero-order chi connectivity index (χ0) is 22.3. The Kier molecular flexibility index (Phi) is 7.35. The minimum Gasteiger partial charge on any atom is -0.497 e. The number of hydrogen-bond donors (Lipinski definition) is 2. The second kappa shape index (κ2) is 10.6. The first kappa shape index (κ1) is 22.2. The fraction of sp³-hybridized carbons (Fsp3) is 0.520. The van der Waals surface area contributed by atoms with Crippen LogP contribution in [0.3, 0.4) is 0 Å². The average molecular weight is 438 g/mol. The van der Waals surface area contributed by atoms with Crippen LogP contribution in [-0.2, 0) is 6.54 Å². The van der Waals surface area contributed by atoms with Crippen molar-refractivity contribution in [2.45, 2.75) is 45.2 Å². The third kappa shape index (κ3) is 5.84. The van der Waals surface area contributed by atoms with Crippen LogP contribution in [0.5, 0.6) is 5.75 Å². The van der Waals surface area contributed by atoms with Crippen LogP contribution in [0, 0.1) is 5.92 Å². The Hall–Kier alpha value is -2.96. The number of aromatic nitrogens is 1. The van der Waals surface area contributed by atoms with Crippen LogP contribution in [0.4, 0.5) is 16.3 Å². The molecule has 7 nitrogen and oxygen atoms in total. The number of amides is 2. The highest BCUT2D eigenvalue weighted by atomic mass is 16.5. The molecule has 2 aliphatic rings. The number of benzene rings is 1. The Morgan fingerprint density at radius 1 is 1.00 bits per heavy atom. The van der Waals surface area contributed by atoms with Crippen molar-refractivity contribution in [1.29, 1.82) is 0 Å². The van der Waals surface area contributed by atoms with Crippen LogP contribution < -0.4 is 25.2 Å². The van der Waals surface area contributed by atoms with Crippen molar-refractivity contribution in [2.24, 2.45) is 5.92 Å². The zero-order valence-electron chi connectivity index (χ0n) is 19.2. The lowest BCUT2D eigenvalue weighted by Gasteiger charge is -2.34. The van der Waals surface area contributed by atoms with Crippen molar-refractivity contribution in [3.05, 3.63) is 48.2 Å². The topological polar surface area (TPSA) is 69.7 Å². The minimum atomic E-state index is -0.109. The molecule has 2 aliphatic heterocycles. The number of nitrogens with one attached hydrogen (secondary N) is 2. The maximum Gasteiger partial charge on any atom is 0.315 e. The van der Waals surface area contributed by atoms with Gasteiger partial charge in [-0.05, 0) is 67.5 Å². The summed E-state index contributed by atoms with van der Waals surface area (Å²) in [6, 6.07) is 12.4. The van der Waals surface area contributed by atoms with Gasteiger partial charge in [-0.1, -0.05) is 13.0 Å². The number of rotatable bonds is 6. The first-order valence-electron chi connectivity index (χ1n) is 11.7. The highest BCUT2D eigenvalue weighted by Gasteiger charge is 2.21. The summed E-state index contributed by atoms with van der Waals surface area (Å²) in [6.45, 7) is 6.81. The van der Waals surface area contributed by atoms with E-state index in [4.69, 9.17) is 4.74 Å². The number of methoxy groups -OCH3 is 1. The first-order chi connectivity index (χ1) is 15.6. The normalized spacial score (nSPS) is 17.8. The smallest absolute Gasteiger partial charge is 0.315 e. The highest BCUT2D eigenvalue weighted by molar-refractivity contribution is 5.74. The average Bonchev–Trinajstić information content (AvgIpc) is 2.84. The van der Waals surface area contributed by atoms with Gasteiger partial charge in [-0.15, -0.1) is 0 Å². The molecule has 3 heterocycles. The number of carbonyl (C=O) groups excluding carboxylic acids is 1. The molecule has 0 spiro atoms. The van der Waals surface area contributed by atoms with Crippen molar-refractivity contribution in [2.75, 3.05) is 43.1 Å². The fourth-order valence-corrected chi connectivity index (χ4v) is 4.44. The SMILES string of the molecule is COc1ccc(N2CCC(NC(=O)NCc3ccc(N4CCC(C)CC4)nc3)CC2)cc1. The van der Waals surface area contributed by atoms with Crippen LogP contribution in [-0.4, -0.2) is 50.3 Å². The molecule has 0 bridgehead atoms. The van der Waals surface area contributed by atoms with E-state index >= 15 is 0 Å². The summed E-state index contributed by atoms with van der Waals surface area (Å²) >= 11 is 0. The minimum absolute atomic E-state index is 0.109. The van der Waals surface area contributed by atoms with Crippen LogP contribution in [0.1, 0.15) is 38.2 Å². The van der Waals surface area contributed by atoms with Crippen molar-refractivity contribution in [3.8, 4) is 5.75 Å². The van der Waals surface area contributed by atoms with Crippen LogP contribution >= 0.6 is 0 Å². The second-order valence-corrected chi connectivity index (χ2v) is 8.98. The molecule has 2 N–H and O–H groups in total. The van der Waals surface area contributed by atoms with Gasteiger partial charge in [0.2, 0.25) is 0 Å². The Labute approximate surface area is 191 Å². The molecule has 0 unspecified atom stereocenters. The number of urea groups is 1. The predicted octanol–water partition coefficient (Wildman–Crippen LogP) is 3.79. The van der Waals surface area contributed by atoms with E-state index in [1.54, 1.807) is 7.11 Å². The summed E-state index contributed by atoms with van der Waals surface area (Å²) in [7, 11) is 1.68. The Morgan fingerprint density at radius 3 is 2.31 bits per heavy atom. The van der Waals surface area contributed by atoms with Crippen LogP contribution in [0.15, 0.2) is 42.6 Å². The Balaban J connectivity index is 1.17. The summed E-state index contributed by atoms with van der Waals surface area (Å²) in [6.07, 6.45) is 6.20. The summed E-state index contributed by atoms with van der Waals surface area (Å²) in [5.41, 5.74) is 2.22. The van der Waals surface area contributed by atoms with Gasteiger partial charge in [0, 0.05) is 50.6 Å². The van der Waals surface area contributed by atoms with Crippen LogP contribution in [0.2, 0.25) is 0 Å². The van der Waals surface area contributed by atoms with Gasteiger partial charge in [-0.25, -0.2) is 9.78 Å². The monoisotopic (exact) mass is 437 g/mol. The van der Waals surface area contributed by atoms with Gasteiger partial charge in [0.1, 0.15) is 11.6 Å². The lowest BCUT2D eigenvalue weighted by atomic mass is 9.99. The van der Waals surface area contributed by atoms with Gasteiger partial charge in [0.05, 0.1) is 7.11 Å². The summed E-state index contributed by atoms with van der Waals surface area (Å²) in [4.78, 5) is 21.7. The quantitative estimate of drug-likeness (QED) is 0.720. The number of piperidine rings is 2. The third-order valence-electron chi connectivity index (χ3n) is 6.64. The lowest BCUT2D eigenvalue weighted by Crippen LogP contribution is -2.47. The van der Waals surface area contributed by atoms with E-state index in [1.165, 1.54) is 18.5 Å². The molecule has 32 heavy (non-hydrogen) atoms. The summed E-state index contributed by atoms with van der Waals surface area (Å²) < 4.78 is 5.23. The van der Waals surface area contributed by atoms with E-state index in [9.17, 15) is 4.79 Å². The number of nitrogens with zero attached hydrogens (tertiary/aromatic N) is 3. The van der Waals surface area contributed by atoms with E-state index in [0.29, 0.717) is 6.54 Å². The third-order valence-corrected chi connectivity index (χ3v) is 6.64. The van der Waals surface area contributed by atoms with E-state index in [-0.39, 0.29) is 12.1 Å². The standard InChI is InChI=1S/C25H35N5O2/c1-19-9-13-30(14-10-19)24-8-3-20(17-26-24)18-27-25(31)28-21-11-15-29(16-12-21)22-4-6-23(32-2)7-5-22/h3-8,17,19,21H,9-16,18H2,1-2H3,(H2,27,28,31). The molecule has 1 aromatic heterocycles. The molecule has 0 radical (unpaired) electrons. The summed E-state index contributed by atoms with van der Waals surface area (Å²) in [5.74, 6) is 2.71. The van der Waals surface area contributed by atoms with Gasteiger partial charge in [0.25, 0.3) is 0 Å². The largest absolute Gasteiger partial charge is 0.497 e. The Bertz CT molecular complexity index is 855. The van der Waals surface area contributed by atoms with Gasteiger partial charge in [0.15, 0.2) is 0 Å². The van der Waals surface area contributed by atoms with E-state index in [0.717, 1.165) is 62.1 Å². The van der Waals surface area contributed by atoms with Crippen molar-refractivity contribution in [1.82, 2.24) is 15.6 Å². The molecule has 7 heteroatoms. The lowest BCUT2D eigenvalue weighted by molar-refractivity contribution is 0.234. The van der Waals surface area contributed by atoms with E-state index in [2.05, 4.69) is 56.6 Å². The number of ether oxygens (including phenoxy) is 1. The molecule has 1 aromatic carbocycles. The highest BCUT2D eigenvalue weighted by Crippen LogP contribution is 2.23. The van der Waals surface area contributed by atoms with E-state index in [1.807, 2.05) is 18.3 Å². The van der Waals surface area contributed by atoms with Gasteiger partial charge < -0.3 is 25.2 Å². The molecule has 172 valence electrons. The zero-order valence-corrected chi connectivity index (χ0v) is 19.2.